The summed E-state index contributed by atoms with van der Waals surface area (Å²) in [5, 5.41) is 2.61. The summed E-state index contributed by atoms with van der Waals surface area (Å²) in [4.78, 5) is 19.2. The van der Waals surface area contributed by atoms with Crippen LogP contribution in [0, 0.1) is 0 Å². The highest BCUT2D eigenvalue weighted by molar-refractivity contribution is 7.94. The Morgan fingerprint density at radius 3 is 2.59 bits per heavy atom. The summed E-state index contributed by atoms with van der Waals surface area (Å²) in [5.74, 6) is -0.175. The van der Waals surface area contributed by atoms with E-state index in [9.17, 15) is 13.2 Å². The van der Waals surface area contributed by atoms with Crippen LogP contribution in [-0.2, 0) is 21.4 Å². The SMILES string of the molecule is COc1ncc(NS(=O)(=O)c2ccc(CNC(C)=O)s2)cn1. The highest BCUT2D eigenvalue weighted by atomic mass is 32.2. The molecule has 0 unspecified atom stereocenters. The number of thiophene rings is 1. The molecule has 0 aromatic carbocycles. The number of aromatic nitrogens is 2. The number of amides is 1. The predicted octanol–water partition coefficient (Wildman–Crippen LogP) is 0.984. The Morgan fingerprint density at radius 1 is 1.32 bits per heavy atom. The quantitative estimate of drug-likeness (QED) is 0.810. The van der Waals surface area contributed by atoms with E-state index in [4.69, 9.17) is 4.74 Å². The summed E-state index contributed by atoms with van der Waals surface area (Å²) in [6.45, 7) is 1.69. The molecular formula is C12H14N4O4S2. The van der Waals surface area contributed by atoms with Crippen molar-refractivity contribution in [1.82, 2.24) is 15.3 Å². The minimum atomic E-state index is -3.72. The Labute approximate surface area is 131 Å². The minimum Gasteiger partial charge on any atom is -0.467 e. The largest absolute Gasteiger partial charge is 0.467 e. The fourth-order valence-electron chi connectivity index (χ4n) is 1.49. The normalized spacial score (nSPS) is 11.0. The van der Waals surface area contributed by atoms with Crippen LogP contribution in [0.3, 0.4) is 0 Å². The first-order valence-electron chi connectivity index (χ1n) is 6.13. The third kappa shape index (κ3) is 4.15. The third-order valence-corrected chi connectivity index (χ3v) is 5.43. The monoisotopic (exact) mass is 342 g/mol. The second kappa shape index (κ2) is 6.71. The van der Waals surface area contributed by atoms with Gasteiger partial charge in [0.25, 0.3) is 10.0 Å². The van der Waals surface area contributed by atoms with Gasteiger partial charge < -0.3 is 10.1 Å². The van der Waals surface area contributed by atoms with Gasteiger partial charge in [-0.3, -0.25) is 9.52 Å². The zero-order valence-electron chi connectivity index (χ0n) is 11.9. The summed E-state index contributed by atoms with van der Waals surface area (Å²) in [7, 11) is -2.30. The fourth-order valence-corrected chi connectivity index (χ4v) is 3.81. The second-order valence-electron chi connectivity index (χ2n) is 4.19. The second-order valence-corrected chi connectivity index (χ2v) is 7.27. The first-order valence-corrected chi connectivity index (χ1v) is 8.42. The van der Waals surface area contributed by atoms with Crippen molar-refractivity contribution in [2.24, 2.45) is 0 Å². The van der Waals surface area contributed by atoms with Gasteiger partial charge in [-0.05, 0) is 12.1 Å². The van der Waals surface area contributed by atoms with Gasteiger partial charge in [0.15, 0.2) is 0 Å². The van der Waals surface area contributed by atoms with Crippen molar-refractivity contribution in [3.63, 3.8) is 0 Å². The van der Waals surface area contributed by atoms with Crippen LogP contribution < -0.4 is 14.8 Å². The van der Waals surface area contributed by atoms with Gasteiger partial charge in [0, 0.05) is 11.8 Å². The molecule has 8 nitrogen and oxygen atoms in total. The van der Waals surface area contributed by atoms with Crippen molar-refractivity contribution in [2.75, 3.05) is 11.8 Å². The van der Waals surface area contributed by atoms with Crippen LogP contribution >= 0.6 is 11.3 Å². The molecule has 0 aliphatic rings. The average molecular weight is 342 g/mol. The maximum atomic E-state index is 12.2. The average Bonchev–Trinajstić information content (AvgIpc) is 2.95. The van der Waals surface area contributed by atoms with Crippen LogP contribution in [0.5, 0.6) is 6.01 Å². The maximum Gasteiger partial charge on any atom is 0.316 e. The summed E-state index contributed by atoms with van der Waals surface area (Å²) in [5.41, 5.74) is 0.234. The fraction of sp³-hybridized carbons (Fsp3) is 0.250. The predicted molar refractivity (Wildman–Crippen MR) is 81.2 cm³/mol. The molecule has 0 bridgehead atoms. The van der Waals surface area contributed by atoms with E-state index in [0.29, 0.717) is 6.54 Å². The number of carbonyl (C=O) groups excluding carboxylic acids is 1. The van der Waals surface area contributed by atoms with Gasteiger partial charge >= 0.3 is 6.01 Å². The highest BCUT2D eigenvalue weighted by Gasteiger charge is 2.17. The molecule has 0 aliphatic heterocycles. The van der Waals surface area contributed by atoms with Crippen molar-refractivity contribution in [3.8, 4) is 6.01 Å². The third-order valence-electron chi connectivity index (χ3n) is 2.48. The topological polar surface area (TPSA) is 110 Å². The Bertz CT molecular complexity index is 756. The van der Waals surface area contributed by atoms with Crippen molar-refractivity contribution in [3.05, 3.63) is 29.4 Å². The molecule has 0 saturated carbocycles. The Hall–Kier alpha value is -2.20. The van der Waals surface area contributed by atoms with Crippen LogP contribution in [0.2, 0.25) is 0 Å². The van der Waals surface area contributed by atoms with Crippen LogP contribution in [-0.4, -0.2) is 31.4 Å². The van der Waals surface area contributed by atoms with Gasteiger partial charge in [-0.25, -0.2) is 18.4 Å². The lowest BCUT2D eigenvalue weighted by atomic mass is 10.4. The summed E-state index contributed by atoms with van der Waals surface area (Å²) < 4.78 is 31.8. The molecule has 118 valence electrons. The lowest BCUT2D eigenvalue weighted by Gasteiger charge is -2.05. The zero-order valence-corrected chi connectivity index (χ0v) is 13.5. The molecule has 2 N–H and O–H groups in total. The van der Waals surface area contributed by atoms with Crippen LogP contribution in [0.4, 0.5) is 5.69 Å². The first kappa shape index (κ1) is 16.2. The number of ether oxygens (including phenoxy) is 1. The van der Waals surface area contributed by atoms with E-state index >= 15 is 0 Å². The number of methoxy groups -OCH3 is 1. The van der Waals surface area contributed by atoms with E-state index in [-0.39, 0.29) is 21.8 Å². The van der Waals surface area contributed by atoms with Gasteiger partial charge in [-0.15, -0.1) is 11.3 Å². The van der Waals surface area contributed by atoms with Gasteiger partial charge in [-0.2, -0.15) is 0 Å². The molecule has 0 aliphatic carbocycles. The smallest absolute Gasteiger partial charge is 0.316 e. The molecular weight excluding hydrogens is 328 g/mol. The number of rotatable bonds is 6. The lowest BCUT2D eigenvalue weighted by molar-refractivity contribution is -0.119. The molecule has 2 heterocycles. The molecule has 0 atom stereocenters. The first-order chi connectivity index (χ1) is 10.4. The van der Waals surface area contributed by atoms with Crippen molar-refractivity contribution >= 4 is 33.0 Å². The molecule has 0 saturated heterocycles. The molecule has 22 heavy (non-hydrogen) atoms. The molecule has 10 heteroatoms. The van der Waals surface area contributed by atoms with Crippen LogP contribution in [0.25, 0.3) is 0 Å². The van der Waals surface area contributed by atoms with Gasteiger partial charge in [0.2, 0.25) is 5.91 Å². The maximum absolute atomic E-state index is 12.2. The van der Waals surface area contributed by atoms with Crippen molar-refractivity contribution in [2.45, 2.75) is 17.7 Å². The lowest BCUT2D eigenvalue weighted by Crippen LogP contribution is -2.18. The Morgan fingerprint density at radius 2 is 2.00 bits per heavy atom. The van der Waals surface area contributed by atoms with Crippen LogP contribution in [0.1, 0.15) is 11.8 Å². The van der Waals surface area contributed by atoms with Gasteiger partial charge in [0.1, 0.15) is 4.21 Å². The molecule has 1 amide bonds. The van der Waals surface area contributed by atoms with Gasteiger partial charge in [0.05, 0.1) is 31.7 Å². The molecule has 2 aromatic rings. The summed E-state index contributed by atoms with van der Waals surface area (Å²) in [6.07, 6.45) is 2.63. The van der Waals surface area contributed by atoms with Crippen molar-refractivity contribution < 1.29 is 17.9 Å². The summed E-state index contributed by atoms with van der Waals surface area (Å²) >= 11 is 1.08. The molecule has 2 aromatic heterocycles. The molecule has 0 radical (unpaired) electrons. The van der Waals surface area contributed by atoms with E-state index in [1.165, 1.54) is 32.5 Å². The summed E-state index contributed by atoms with van der Waals surface area (Å²) in [6, 6.07) is 3.28. The van der Waals surface area contributed by atoms with Gasteiger partial charge in [-0.1, -0.05) is 0 Å². The number of hydrogen-bond donors (Lipinski definition) is 2. The Kier molecular flexibility index (Phi) is 4.93. The Balaban J connectivity index is 2.10. The van der Waals surface area contributed by atoms with Crippen molar-refractivity contribution in [1.29, 1.82) is 0 Å². The number of anilines is 1. The minimum absolute atomic E-state index is 0.142. The van der Waals surface area contributed by atoms with E-state index in [0.717, 1.165) is 16.2 Å². The van der Waals surface area contributed by atoms with Crippen LogP contribution in [0.15, 0.2) is 28.7 Å². The number of nitrogens with zero attached hydrogens (tertiary/aromatic N) is 2. The number of carbonyl (C=O) groups is 1. The zero-order chi connectivity index (χ0) is 16.2. The highest BCUT2D eigenvalue weighted by Crippen LogP contribution is 2.23. The molecule has 0 spiro atoms. The van der Waals surface area contributed by atoms with E-state index < -0.39 is 10.0 Å². The molecule has 2 rings (SSSR count). The van der Waals surface area contributed by atoms with E-state index in [2.05, 4.69) is 20.0 Å². The van der Waals surface area contributed by atoms with E-state index in [1.54, 1.807) is 6.07 Å². The van der Waals surface area contributed by atoms with E-state index in [1.807, 2.05) is 0 Å². The number of nitrogens with one attached hydrogen (secondary N) is 2. The molecule has 0 fully saturated rings. The number of hydrogen-bond acceptors (Lipinski definition) is 7. The standard InChI is InChI=1S/C12H14N4O4S2/c1-8(17)13-7-10-3-4-11(21-10)22(18,19)16-9-5-14-12(20-2)15-6-9/h3-6,16H,7H2,1-2H3,(H,13,17). The number of sulfonamides is 1.